The molecular weight excluding hydrogens is 314 g/mol. The number of nitrogens with one attached hydrogen (secondary N) is 1. The molecule has 0 aliphatic rings. The molecule has 2 heterocycles. The molecular formula is C12H10ClN5O2S. The highest BCUT2D eigenvalue weighted by Gasteiger charge is 2.15. The van der Waals surface area contributed by atoms with E-state index in [1.807, 2.05) is 0 Å². The molecule has 0 saturated carbocycles. The minimum atomic E-state index is -0.440. The van der Waals surface area contributed by atoms with E-state index in [-0.39, 0.29) is 5.75 Å². The second kappa shape index (κ2) is 5.38. The molecule has 0 radical (unpaired) electrons. The first-order valence-corrected chi connectivity index (χ1v) is 7.26. The zero-order valence-electron chi connectivity index (χ0n) is 10.9. The van der Waals surface area contributed by atoms with Crippen LogP contribution in [-0.2, 0) is 4.79 Å². The standard InChI is InChI=1S/C12H10ClN5O2S/c1-20-6-3-2-5(13)8-9(6)15-11-10(8)17-18-12(16-11)21-4-7(14)19/h2-3H,4H2,1H3,(H2,14,19)(H,15,16,18). The van der Waals surface area contributed by atoms with Gasteiger partial charge in [0.05, 0.1) is 28.8 Å². The molecule has 0 atom stereocenters. The quantitative estimate of drug-likeness (QED) is 0.708. The van der Waals surface area contributed by atoms with Crippen LogP contribution in [0.4, 0.5) is 0 Å². The van der Waals surface area contributed by atoms with Gasteiger partial charge in [-0.2, -0.15) is 0 Å². The van der Waals surface area contributed by atoms with E-state index in [4.69, 9.17) is 22.1 Å². The van der Waals surface area contributed by atoms with Crippen LogP contribution in [0, 0.1) is 0 Å². The highest BCUT2D eigenvalue weighted by molar-refractivity contribution is 7.99. The molecule has 7 nitrogen and oxygen atoms in total. The maximum Gasteiger partial charge on any atom is 0.227 e. The van der Waals surface area contributed by atoms with Gasteiger partial charge in [-0.25, -0.2) is 4.98 Å². The van der Waals surface area contributed by atoms with Crippen LogP contribution in [0.3, 0.4) is 0 Å². The molecule has 9 heteroatoms. The van der Waals surface area contributed by atoms with Crippen LogP contribution < -0.4 is 10.5 Å². The van der Waals surface area contributed by atoms with Crippen LogP contribution in [0.2, 0.25) is 5.02 Å². The first kappa shape index (κ1) is 13.9. The van der Waals surface area contributed by atoms with Gasteiger partial charge in [0, 0.05) is 0 Å². The number of hydrogen-bond donors (Lipinski definition) is 2. The van der Waals surface area contributed by atoms with Crippen molar-refractivity contribution in [2.75, 3.05) is 12.9 Å². The lowest BCUT2D eigenvalue weighted by atomic mass is 10.2. The van der Waals surface area contributed by atoms with Crippen molar-refractivity contribution < 1.29 is 9.53 Å². The summed E-state index contributed by atoms with van der Waals surface area (Å²) in [7, 11) is 1.57. The molecule has 3 N–H and O–H groups in total. The number of H-pyrrole nitrogens is 1. The van der Waals surface area contributed by atoms with Gasteiger partial charge in [-0.3, -0.25) is 4.79 Å². The van der Waals surface area contributed by atoms with Crippen molar-refractivity contribution in [3.8, 4) is 5.75 Å². The van der Waals surface area contributed by atoms with E-state index in [1.165, 1.54) is 0 Å². The van der Waals surface area contributed by atoms with Crippen molar-refractivity contribution in [1.29, 1.82) is 0 Å². The fourth-order valence-electron chi connectivity index (χ4n) is 1.97. The second-order valence-electron chi connectivity index (χ2n) is 4.17. The Morgan fingerprint density at radius 3 is 3.00 bits per heavy atom. The fraction of sp³-hybridized carbons (Fsp3) is 0.167. The lowest BCUT2D eigenvalue weighted by Gasteiger charge is -2.01. The summed E-state index contributed by atoms with van der Waals surface area (Å²) in [5.41, 5.74) is 6.88. The first-order valence-electron chi connectivity index (χ1n) is 5.90. The number of thioether (sulfide) groups is 1. The van der Waals surface area contributed by atoms with Crippen molar-refractivity contribution in [2.24, 2.45) is 5.73 Å². The largest absolute Gasteiger partial charge is 0.495 e. The molecule has 3 aromatic rings. The van der Waals surface area contributed by atoms with E-state index in [1.54, 1.807) is 19.2 Å². The van der Waals surface area contributed by atoms with Gasteiger partial charge in [0.2, 0.25) is 11.1 Å². The Morgan fingerprint density at radius 2 is 2.29 bits per heavy atom. The number of halogens is 1. The number of amides is 1. The summed E-state index contributed by atoms with van der Waals surface area (Å²) in [4.78, 5) is 18.2. The summed E-state index contributed by atoms with van der Waals surface area (Å²) in [5, 5.41) is 9.70. The van der Waals surface area contributed by atoms with Crippen molar-refractivity contribution in [2.45, 2.75) is 5.16 Å². The molecule has 0 aliphatic heterocycles. The highest BCUT2D eigenvalue weighted by atomic mass is 35.5. The number of fused-ring (bicyclic) bond motifs is 3. The zero-order chi connectivity index (χ0) is 15.0. The number of hydrogen-bond acceptors (Lipinski definition) is 6. The smallest absolute Gasteiger partial charge is 0.227 e. The van der Waals surface area contributed by atoms with Crippen LogP contribution in [0.5, 0.6) is 5.75 Å². The summed E-state index contributed by atoms with van der Waals surface area (Å²) in [6, 6.07) is 3.49. The lowest BCUT2D eigenvalue weighted by Crippen LogP contribution is -2.13. The Hall–Kier alpha value is -2.06. The predicted octanol–water partition coefficient (Wildman–Crippen LogP) is 1.75. The molecule has 108 valence electrons. The van der Waals surface area contributed by atoms with E-state index in [0.717, 1.165) is 11.8 Å². The predicted molar refractivity (Wildman–Crippen MR) is 80.7 cm³/mol. The number of methoxy groups -OCH3 is 1. The Balaban J connectivity index is 2.16. The molecule has 3 rings (SSSR count). The molecule has 0 saturated heterocycles. The van der Waals surface area contributed by atoms with Crippen LogP contribution in [0.1, 0.15) is 0 Å². The number of nitrogens with zero attached hydrogens (tertiary/aromatic N) is 3. The Kier molecular flexibility index (Phi) is 3.56. The van der Waals surface area contributed by atoms with E-state index >= 15 is 0 Å². The molecule has 0 bridgehead atoms. The SMILES string of the molecule is COc1ccc(Cl)c2c1[nH]c1nc(SCC(N)=O)nnc12. The summed E-state index contributed by atoms with van der Waals surface area (Å²) in [6.45, 7) is 0. The first-order chi connectivity index (χ1) is 10.1. The van der Waals surface area contributed by atoms with Crippen LogP contribution in [0.15, 0.2) is 17.3 Å². The van der Waals surface area contributed by atoms with Gasteiger partial charge in [-0.05, 0) is 12.1 Å². The maximum atomic E-state index is 10.8. The number of ether oxygens (including phenoxy) is 1. The minimum Gasteiger partial charge on any atom is -0.495 e. The summed E-state index contributed by atoms with van der Waals surface area (Å²) in [6.07, 6.45) is 0. The van der Waals surface area contributed by atoms with Gasteiger partial charge >= 0.3 is 0 Å². The summed E-state index contributed by atoms with van der Waals surface area (Å²) in [5.74, 6) is 0.294. The maximum absolute atomic E-state index is 10.8. The van der Waals surface area contributed by atoms with Crippen LogP contribution in [0.25, 0.3) is 22.1 Å². The van der Waals surface area contributed by atoms with Gasteiger partial charge < -0.3 is 15.5 Å². The van der Waals surface area contributed by atoms with Crippen molar-refractivity contribution >= 4 is 51.3 Å². The Labute approximate surface area is 128 Å². The van der Waals surface area contributed by atoms with Crippen LogP contribution >= 0.6 is 23.4 Å². The molecule has 21 heavy (non-hydrogen) atoms. The van der Waals surface area contributed by atoms with Crippen molar-refractivity contribution in [3.63, 3.8) is 0 Å². The van der Waals surface area contributed by atoms with E-state index < -0.39 is 5.91 Å². The number of aromatic amines is 1. The topological polar surface area (TPSA) is 107 Å². The average Bonchev–Trinajstić information content (AvgIpc) is 2.84. The van der Waals surface area contributed by atoms with Crippen molar-refractivity contribution in [1.82, 2.24) is 20.2 Å². The van der Waals surface area contributed by atoms with E-state index in [2.05, 4.69) is 20.2 Å². The van der Waals surface area contributed by atoms with Crippen molar-refractivity contribution in [3.05, 3.63) is 17.2 Å². The Morgan fingerprint density at radius 1 is 1.48 bits per heavy atom. The highest BCUT2D eigenvalue weighted by Crippen LogP contribution is 2.35. The zero-order valence-corrected chi connectivity index (χ0v) is 12.5. The van der Waals surface area contributed by atoms with Gasteiger partial charge in [-0.1, -0.05) is 23.4 Å². The van der Waals surface area contributed by atoms with E-state index in [9.17, 15) is 4.79 Å². The summed E-state index contributed by atoms with van der Waals surface area (Å²) < 4.78 is 5.29. The molecule has 0 spiro atoms. The third-order valence-corrected chi connectivity index (χ3v) is 4.00. The third-order valence-electron chi connectivity index (χ3n) is 2.83. The number of primary amides is 1. The number of nitrogens with two attached hydrogens (primary N) is 1. The molecule has 0 fully saturated rings. The number of carbonyl (C=O) groups is 1. The second-order valence-corrected chi connectivity index (χ2v) is 5.52. The number of benzene rings is 1. The molecule has 0 aliphatic carbocycles. The van der Waals surface area contributed by atoms with E-state index in [0.29, 0.717) is 38.0 Å². The van der Waals surface area contributed by atoms with Gasteiger partial charge in [0.25, 0.3) is 0 Å². The fourth-order valence-corrected chi connectivity index (χ4v) is 2.74. The lowest BCUT2D eigenvalue weighted by molar-refractivity contribution is -0.115. The number of aromatic nitrogens is 4. The monoisotopic (exact) mass is 323 g/mol. The summed E-state index contributed by atoms with van der Waals surface area (Å²) >= 11 is 7.34. The molecule has 1 aromatic carbocycles. The molecule has 2 aromatic heterocycles. The minimum absolute atomic E-state index is 0.0947. The number of carbonyl (C=O) groups excluding carboxylic acids is 1. The van der Waals surface area contributed by atoms with Gasteiger partial charge in [-0.15, -0.1) is 10.2 Å². The van der Waals surface area contributed by atoms with Gasteiger partial charge in [0.15, 0.2) is 5.65 Å². The average molecular weight is 324 g/mol. The van der Waals surface area contributed by atoms with Crippen LogP contribution in [-0.4, -0.2) is 38.9 Å². The normalized spacial score (nSPS) is 11.1. The van der Waals surface area contributed by atoms with Gasteiger partial charge in [0.1, 0.15) is 11.3 Å². The Bertz CT molecular complexity index is 850. The molecule has 0 unspecified atom stereocenters. The third kappa shape index (κ3) is 2.47. The molecule has 1 amide bonds. The number of rotatable bonds is 4.